The molecule has 2 rings (SSSR count). The molecule has 2 aromatic rings. The van der Waals surface area contributed by atoms with Crippen molar-refractivity contribution in [2.45, 2.75) is 0 Å². The smallest absolute Gasteiger partial charge is 0.142 e. The van der Waals surface area contributed by atoms with Gasteiger partial charge in [-0.15, -0.1) is 0 Å². The first-order chi connectivity index (χ1) is 9.86. The number of aliphatic hydroxyl groups is 1. The molecule has 104 valence electrons. The molecule has 0 aliphatic rings. The number of hydrogen-bond acceptors (Lipinski definition) is 2. The first-order valence-electron chi connectivity index (χ1n) is 6.36. The van der Waals surface area contributed by atoms with E-state index >= 15 is 0 Å². The van der Waals surface area contributed by atoms with Gasteiger partial charge >= 0.3 is 0 Å². The van der Waals surface area contributed by atoms with Gasteiger partial charge in [0, 0.05) is 1.43 Å². The van der Waals surface area contributed by atoms with Gasteiger partial charge in [-0.1, -0.05) is 78.9 Å². The molecule has 2 aromatic carbocycles. The van der Waals surface area contributed by atoms with E-state index in [1.807, 2.05) is 66.7 Å². The summed E-state index contributed by atoms with van der Waals surface area (Å²) in [6, 6.07) is 19.6. The van der Waals surface area contributed by atoms with E-state index in [-0.39, 0.29) is 8.03 Å². The van der Waals surface area contributed by atoms with Crippen LogP contribution in [-0.2, 0) is 4.79 Å². The third kappa shape index (κ3) is 7.09. The molecule has 0 aromatic heterocycles. The van der Waals surface area contributed by atoms with Crippen LogP contribution in [0.1, 0.15) is 12.6 Å². The number of allylic oxidation sites excluding steroid dienone is 1. The quantitative estimate of drug-likeness (QED) is 0.675. The lowest BCUT2D eigenvalue weighted by Gasteiger charge is -1.88. The highest BCUT2D eigenvalue weighted by Gasteiger charge is 1.80. The Balaban J connectivity index is 0.000000364. The highest BCUT2D eigenvalue weighted by atomic mass is 16.2. The zero-order chi connectivity index (χ0) is 14.5. The van der Waals surface area contributed by atoms with Crippen LogP contribution in [0.15, 0.2) is 72.8 Å². The zero-order valence-corrected chi connectivity index (χ0v) is 11.2. The van der Waals surface area contributed by atoms with Gasteiger partial charge in [0.2, 0.25) is 0 Å². The maximum atomic E-state index is 9.89. The summed E-state index contributed by atoms with van der Waals surface area (Å²) in [6.45, 7) is 0.106. The van der Waals surface area contributed by atoms with Gasteiger partial charge in [0.05, 0.1) is 6.61 Å². The van der Waals surface area contributed by atoms with Gasteiger partial charge in [-0.05, 0) is 17.2 Å². The Hall–Kier alpha value is -2.45. The summed E-state index contributed by atoms with van der Waals surface area (Å²) in [5.74, 6) is 0. The van der Waals surface area contributed by atoms with E-state index < -0.39 is 0 Å². The Kier molecular flexibility index (Phi) is 8.17. The molecule has 0 saturated carbocycles. The number of carbonyl (C=O) groups is 1. The molecule has 0 saturated heterocycles. The molecule has 0 radical (unpaired) electrons. The van der Waals surface area contributed by atoms with Crippen molar-refractivity contribution in [2.24, 2.45) is 0 Å². The fourth-order valence-electron chi connectivity index (χ4n) is 1.47. The third-order valence-corrected chi connectivity index (χ3v) is 2.38. The lowest BCUT2D eigenvalue weighted by molar-refractivity contribution is -0.104. The Morgan fingerprint density at radius 3 is 1.80 bits per heavy atom. The largest absolute Gasteiger partial charge is 0.392 e. The SMILES string of the molecule is O=C/C=C/c1ccccc1.OC/C=C/c1ccccc1.[HH]. The predicted molar refractivity (Wildman–Crippen MR) is 86.2 cm³/mol. The first-order valence-corrected chi connectivity index (χ1v) is 6.36. The van der Waals surface area contributed by atoms with Crippen molar-refractivity contribution < 1.29 is 11.3 Å². The minimum absolute atomic E-state index is 0. The number of benzene rings is 2. The molecular weight excluding hydrogens is 248 g/mol. The van der Waals surface area contributed by atoms with Gasteiger partial charge in [0.1, 0.15) is 6.29 Å². The number of aliphatic hydroxyl groups excluding tert-OH is 1. The molecular formula is C18H20O2. The van der Waals surface area contributed by atoms with Crippen LogP contribution < -0.4 is 0 Å². The lowest BCUT2D eigenvalue weighted by atomic mass is 10.2. The second-order valence-electron chi connectivity index (χ2n) is 3.90. The van der Waals surface area contributed by atoms with Crippen LogP contribution in [0.5, 0.6) is 0 Å². The van der Waals surface area contributed by atoms with Crippen LogP contribution >= 0.6 is 0 Å². The van der Waals surface area contributed by atoms with E-state index in [4.69, 9.17) is 5.11 Å². The molecule has 0 amide bonds. The number of carbonyl (C=O) groups excluding carboxylic acids is 1. The van der Waals surface area contributed by atoms with Gasteiger partial charge in [-0.25, -0.2) is 0 Å². The van der Waals surface area contributed by atoms with Crippen LogP contribution in [0.25, 0.3) is 12.2 Å². The molecule has 0 unspecified atom stereocenters. The fourth-order valence-corrected chi connectivity index (χ4v) is 1.47. The third-order valence-electron chi connectivity index (χ3n) is 2.38. The van der Waals surface area contributed by atoms with Crippen molar-refractivity contribution in [1.29, 1.82) is 0 Å². The van der Waals surface area contributed by atoms with Crippen LogP contribution in [-0.4, -0.2) is 18.0 Å². The summed E-state index contributed by atoms with van der Waals surface area (Å²) < 4.78 is 0. The van der Waals surface area contributed by atoms with E-state index in [9.17, 15) is 4.79 Å². The summed E-state index contributed by atoms with van der Waals surface area (Å²) >= 11 is 0. The molecule has 0 atom stereocenters. The zero-order valence-electron chi connectivity index (χ0n) is 11.2. The standard InChI is InChI=1S/C9H10O.C9H8O.H2/c2*10-8-4-7-9-5-2-1-3-6-9;/h1-7,10H,8H2;1-8H;1H/b2*7-4+;. The topological polar surface area (TPSA) is 37.3 Å². The normalized spacial score (nSPS) is 10.2. The van der Waals surface area contributed by atoms with Crippen molar-refractivity contribution in [1.82, 2.24) is 0 Å². The van der Waals surface area contributed by atoms with Crippen LogP contribution in [0.4, 0.5) is 0 Å². The van der Waals surface area contributed by atoms with Crippen molar-refractivity contribution in [2.75, 3.05) is 6.61 Å². The highest BCUT2D eigenvalue weighted by molar-refractivity contribution is 5.73. The first kappa shape index (κ1) is 15.6. The Bertz CT molecular complexity index is 534. The summed E-state index contributed by atoms with van der Waals surface area (Å²) in [6.07, 6.45) is 7.63. The average Bonchev–Trinajstić information content (AvgIpc) is 2.53. The van der Waals surface area contributed by atoms with Crippen molar-refractivity contribution >= 4 is 18.4 Å². The van der Waals surface area contributed by atoms with E-state index in [0.717, 1.165) is 17.4 Å². The molecule has 1 N–H and O–H groups in total. The second-order valence-corrected chi connectivity index (χ2v) is 3.90. The number of aldehydes is 1. The minimum Gasteiger partial charge on any atom is -0.392 e. The van der Waals surface area contributed by atoms with Crippen molar-refractivity contribution in [3.8, 4) is 0 Å². The molecule has 0 aliphatic carbocycles. The van der Waals surface area contributed by atoms with Crippen LogP contribution in [0, 0.1) is 0 Å². The number of rotatable bonds is 4. The summed E-state index contributed by atoms with van der Waals surface area (Å²) in [4.78, 5) is 9.89. The summed E-state index contributed by atoms with van der Waals surface area (Å²) in [7, 11) is 0. The monoisotopic (exact) mass is 268 g/mol. The Morgan fingerprint density at radius 1 is 0.850 bits per heavy atom. The second kappa shape index (κ2) is 10.5. The van der Waals surface area contributed by atoms with E-state index in [2.05, 4.69) is 0 Å². The molecule has 2 heteroatoms. The van der Waals surface area contributed by atoms with Gasteiger partial charge in [-0.2, -0.15) is 0 Å². The molecule has 2 nitrogen and oxygen atoms in total. The van der Waals surface area contributed by atoms with Gasteiger partial charge in [0.15, 0.2) is 0 Å². The fraction of sp³-hybridized carbons (Fsp3) is 0.0556. The maximum Gasteiger partial charge on any atom is 0.142 e. The van der Waals surface area contributed by atoms with E-state index in [1.54, 1.807) is 12.2 Å². The summed E-state index contributed by atoms with van der Waals surface area (Å²) in [5.41, 5.74) is 2.17. The van der Waals surface area contributed by atoms with Crippen LogP contribution in [0.3, 0.4) is 0 Å². The lowest BCUT2D eigenvalue weighted by Crippen LogP contribution is -1.72. The average molecular weight is 268 g/mol. The van der Waals surface area contributed by atoms with E-state index in [1.165, 1.54) is 6.08 Å². The van der Waals surface area contributed by atoms with Gasteiger partial charge in [-0.3, -0.25) is 4.79 Å². The predicted octanol–water partition coefficient (Wildman–Crippen LogP) is 3.84. The van der Waals surface area contributed by atoms with Crippen LogP contribution in [0.2, 0.25) is 0 Å². The minimum atomic E-state index is 0. The maximum absolute atomic E-state index is 9.89. The Labute approximate surface area is 121 Å². The highest BCUT2D eigenvalue weighted by Crippen LogP contribution is 2.00. The van der Waals surface area contributed by atoms with Crippen molar-refractivity contribution in [3.63, 3.8) is 0 Å². The molecule has 0 fully saturated rings. The van der Waals surface area contributed by atoms with Gasteiger partial charge in [0.25, 0.3) is 0 Å². The molecule has 0 aliphatic heterocycles. The molecule has 0 spiro atoms. The van der Waals surface area contributed by atoms with Crippen molar-refractivity contribution in [3.05, 3.63) is 83.9 Å². The molecule has 0 heterocycles. The van der Waals surface area contributed by atoms with E-state index in [0.29, 0.717) is 0 Å². The molecule has 20 heavy (non-hydrogen) atoms. The Morgan fingerprint density at radius 2 is 1.35 bits per heavy atom. The summed E-state index contributed by atoms with van der Waals surface area (Å²) in [5, 5.41) is 8.44. The molecule has 0 bridgehead atoms. The van der Waals surface area contributed by atoms with Gasteiger partial charge < -0.3 is 5.11 Å². The number of hydrogen-bond donors (Lipinski definition) is 1.